The van der Waals surface area contributed by atoms with Gasteiger partial charge in [0.1, 0.15) is 0 Å². The van der Waals surface area contributed by atoms with Gasteiger partial charge in [0.25, 0.3) is 0 Å². The summed E-state index contributed by atoms with van der Waals surface area (Å²) in [6.45, 7) is 5.25. The second-order valence-corrected chi connectivity index (χ2v) is 5.44. The van der Waals surface area contributed by atoms with Crippen molar-refractivity contribution in [1.82, 2.24) is 15.5 Å². The molecule has 2 aromatic rings. The zero-order valence-corrected chi connectivity index (χ0v) is 12.3. The minimum Gasteiger partial charge on any atom is -0.480 e. The molecule has 0 amide bonds. The molecule has 2 rings (SSSR count). The van der Waals surface area contributed by atoms with Gasteiger partial charge in [-0.25, -0.2) is 0 Å². The Morgan fingerprint density at radius 3 is 2.68 bits per heavy atom. The van der Waals surface area contributed by atoms with E-state index in [0.29, 0.717) is 5.88 Å². The lowest BCUT2D eigenvalue weighted by molar-refractivity contribution is 0.390. The zero-order valence-electron chi connectivity index (χ0n) is 11.5. The third kappa shape index (κ3) is 3.30. The van der Waals surface area contributed by atoms with Gasteiger partial charge >= 0.3 is 0 Å². The van der Waals surface area contributed by atoms with Crippen LogP contribution in [0.25, 0.3) is 0 Å². The molecular formula is C14H19N3OS. The van der Waals surface area contributed by atoms with Crippen molar-refractivity contribution < 1.29 is 4.74 Å². The largest absolute Gasteiger partial charge is 0.480 e. The minimum atomic E-state index is 0.101. The lowest BCUT2D eigenvalue weighted by atomic mass is 10.0. The third-order valence-electron chi connectivity index (χ3n) is 2.97. The molecule has 0 saturated heterocycles. The highest BCUT2D eigenvalue weighted by molar-refractivity contribution is 7.10. The SMILES string of the molecule is CCCNC(c1ccc(OC)nn1)c1ccsc1C. The predicted octanol–water partition coefficient (Wildman–Crippen LogP) is 2.94. The summed E-state index contributed by atoms with van der Waals surface area (Å²) in [6, 6.07) is 6.07. The van der Waals surface area contributed by atoms with E-state index in [4.69, 9.17) is 4.74 Å². The van der Waals surface area contributed by atoms with Gasteiger partial charge in [-0.2, -0.15) is 0 Å². The topological polar surface area (TPSA) is 47.0 Å². The van der Waals surface area contributed by atoms with Gasteiger partial charge in [0.15, 0.2) is 0 Å². The predicted molar refractivity (Wildman–Crippen MR) is 77.8 cm³/mol. The van der Waals surface area contributed by atoms with Crippen molar-refractivity contribution >= 4 is 11.3 Å². The third-order valence-corrected chi connectivity index (χ3v) is 3.84. The molecule has 2 aromatic heterocycles. The average molecular weight is 277 g/mol. The van der Waals surface area contributed by atoms with Gasteiger partial charge in [-0.15, -0.1) is 21.5 Å². The maximum absolute atomic E-state index is 5.05. The fourth-order valence-electron chi connectivity index (χ4n) is 1.95. The molecule has 19 heavy (non-hydrogen) atoms. The van der Waals surface area contributed by atoms with Crippen LogP contribution in [0, 0.1) is 6.92 Å². The number of rotatable bonds is 6. The van der Waals surface area contributed by atoms with E-state index in [1.54, 1.807) is 18.4 Å². The van der Waals surface area contributed by atoms with Crippen molar-refractivity contribution in [2.45, 2.75) is 26.3 Å². The van der Waals surface area contributed by atoms with Gasteiger partial charge in [-0.1, -0.05) is 6.92 Å². The Kier molecular flexibility index (Phi) is 4.87. The van der Waals surface area contributed by atoms with Gasteiger partial charge in [0.2, 0.25) is 5.88 Å². The Morgan fingerprint density at radius 2 is 2.16 bits per heavy atom. The van der Waals surface area contributed by atoms with Crippen LogP contribution >= 0.6 is 11.3 Å². The number of ether oxygens (including phenoxy) is 1. The highest BCUT2D eigenvalue weighted by atomic mass is 32.1. The Labute approximate surface area is 117 Å². The van der Waals surface area contributed by atoms with E-state index in [0.717, 1.165) is 18.7 Å². The quantitative estimate of drug-likeness (QED) is 0.882. The number of hydrogen-bond acceptors (Lipinski definition) is 5. The number of nitrogens with one attached hydrogen (secondary N) is 1. The van der Waals surface area contributed by atoms with Crippen LogP contribution < -0.4 is 10.1 Å². The maximum Gasteiger partial charge on any atom is 0.233 e. The number of hydrogen-bond donors (Lipinski definition) is 1. The molecule has 0 radical (unpaired) electrons. The van der Waals surface area contributed by atoms with E-state index in [9.17, 15) is 0 Å². The molecule has 0 bridgehead atoms. The van der Waals surface area contributed by atoms with Gasteiger partial charge in [0, 0.05) is 10.9 Å². The molecule has 0 aliphatic carbocycles. The Hall–Kier alpha value is -1.46. The Morgan fingerprint density at radius 1 is 1.32 bits per heavy atom. The second kappa shape index (κ2) is 6.63. The first kappa shape index (κ1) is 14.0. The first-order valence-corrected chi connectivity index (χ1v) is 7.29. The van der Waals surface area contributed by atoms with Gasteiger partial charge in [0.05, 0.1) is 18.8 Å². The van der Waals surface area contributed by atoms with Crippen molar-refractivity contribution in [3.8, 4) is 5.88 Å². The van der Waals surface area contributed by atoms with E-state index in [-0.39, 0.29) is 6.04 Å². The molecular weight excluding hydrogens is 258 g/mol. The molecule has 4 nitrogen and oxygen atoms in total. The van der Waals surface area contributed by atoms with Crippen LogP contribution in [0.2, 0.25) is 0 Å². The smallest absolute Gasteiger partial charge is 0.233 e. The fourth-order valence-corrected chi connectivity index (χ4v) is 2.69. The molecule has 0 aliphatic rings. The van der Waals surface area contributed by atoms with Crippen molar-refractivity contribution in [1.29, 1.82) is 0 Å². The Bertz CT molecular complexity index is 510. The number of thiophene rings is 1. The summed E-state index contributed by atoms with van der Waals surface area (Å²) in [5.74, 6) is 0.542. The van der Waals surface area contributed by atoms with E-state index in [1.807, 2.05) is 12.1 Å². The lowest BCUT2D eigenvalue weighted by Gasteiger charge is -2.17. The summed E-state index contributed by atoms with van der Waals surface area (Å²) in [4.78, 5) is 1.31. The molecule has 5 heteroatoms. The standard InChI is InChI=1S/C14H19N3OS/c1-4-8-15-14(11-7-9-19-10(11)2)12-5-6-13(18-3)17-16-12/h5-7,9,14-15H,4,8H2,1-3H3. The van der Waals surface area contributed by atoms with Crippen LogP contribution in [-0.4, -0.2) is 23.9 Å². The molecule has 0 saturated carbocycles. The highest BCUT2D eigenvalue weighted by Crippen LogP contribution is 2.27. The fraction of sp³-hybridized carbons (Fsp3) is 0.429. The van der Waals surface area contributed by atoms with Gasteiger partial charge in [-0.3, -0.25) is 0 Å². The van der Waals surface area contributed by atoms with Gasteiger partial charge < -0.3 is 10.1 Å². The molecule has 0 fully saturated rings. The molecule has 1 unspecified atom stereocenters. The summed E-state index contributed by atoms with van der Waals surface area (Å²) in [5, 5.41) is 14.0. The van der Waals surface area contributed by atoms with Crippen LogP contribution in [-0.2, 0) is 0 Å². The van der Waals surface area contributed by atoms with Crippen molar-refractivity contribution in [3.05, 3.63) is 39.7 Å². The second-order valence-electron chi connectivity index (χ2n) is 4.32. The number of nitrogens with zero attached hydrogens (tertiary/aromatic N) is 2. The number of methoxy groups -OCH3 is 1. The molecule has 0 aliphatic heterocycles. The average Bonchev–Trinajstić information content (AvgIpc) is 2.86. The van der Waals surface area contributed by atoms with E-state index < -0.39 is 0 Å². The van der Waals surface area contributed by atoms with Crippen LogP contribution in [0.1, 0.15) is 35.5 Å². The van der Waals surface area contributed by atoms with Crippen LogP contribution in [0.15, 0.2) is 23.6 Å². The summed E-state index contributed by atoms with van der Waals surface area (Å²) in [7, 11) is 1.60. The van der Waals surface area contributed by atoms with Crippen LogP contribution in [0.5, 0.6) is 5.88 Å². The van der Waals surface area contributed by atoms with Crippen LogP contribution in [0.3, 0.4) is 0 Å². The van der Waals surface area contributed by atoms with Crippen LogP contribution in [0.4, 0.5) is 0 Å². The molecule has 1 atom stereocenters. The summed E-state index contributed by atoms with van der Waals surface area (Å²) in [5.41, 5.74) is 2.20. The van der Waals surface area contributed by atoms with Crippen molar-refractivity contribution in [2.24, 2.45) is 0 Å². The van der Waals surface area contributed by atoms with Crippen molar-refractivity contribution in [2.75, 3.05) is 13.7 Å². The molecule has 2 heterocycles. The van der Waals surface area contributed by atoms with Crippen molar-refractivity contribution in [3.63, 3.8) is 0 Å². The summed E-state index contributed by atoms with van der Waals surface area (Å²) < 4.78 is 5.05. The highest BCUT2D eigenvalue weighted by Gasteiger charge is 2.18. The number of aryl methyl sites for hydroxylation is 1. The normalized spacial score (nSPS) is 12.4. The molecule has 0 aromatic carbocycles. The molecule has 102 valence electrons. The zero-order chi connectivity index (χ0) is 13.7. The lowest BCUT2D eigenvalue weighted by Crippen LogP contribution is -2.24. The maximum atomic E-state index is 5.05. The molecule has 0 spiro atoms. The first-order chi connectivity index (χ1) is 9.26. The summed E-state index contributed by atoms with van der Waals surface area (Å²) in [6.07, 6.45) is 1.09. The Balaban J connectivity index is 2.28. The minimum absolute atomic E-state index is 0.101. The summed E-state index contributed by atoms with van der Waals surface area (Å²) >= 11 is 1.76. The molecule has 1 N–H and O–H groups in total. The van der Waals surface area contributed by atoms with Gasteiger partial charge in [-0.05, 0) is 43.0 Å². The monoisotopic (exact) mass is 277 g/mol. The van der Waals surface area contributed by atoms with E-state index >= 15 is 0 Å². The van der Waals surface area contributed by atoms with E-state index in [1.165, 1.54) is 10.4 Å². The van der Waals surface area contributed by atoms with E-state index in [2.05, 4.69) is 40.8 Å². The first-order valence-electron chi connectivity index (χ1n) is 6.41. The number of aromatic nitrogens is 2.